The van der Waals surface area contributed by atoms with Crippen LogP contribution in [0.5, 0.6) is 0 Å². The van der Waals surface area contributed by atoms with Gasteiger partial charge in [0.15, 0.2) is 0 Å². The molecular weight excluding hydrogens is 842 g/mol. The lowest BCUT2D eigenvalue weighted by atomic mass is 10.2. The van der Waals surface area contributed by atoms with Crippen LogP contribution in [0.2, 0.25) is 0 Å². The van der Waals surface area contributed by atoms with Gasteiger partial charge in [0.2, 0.25) is 0 Å². The number of amides is 1. The molecular formula is C41H81N9O14. The van der Waals surface area contributed by atoms with Crippen molar-refractivity contribution in [3.63, 3.8) is 0 Å². The van der Waals surface area contributed by atoms with Crippen LogP contribution in [0.4, 0.5) is 4.79 Å². The van der Waals surface area contributed by atoms with Crippen molar-refractivity contribution in [2.45, 2.75) is 26.1 Å². The van der Waals surface area contributed by atoms with Gasteiger partial charge < -0.3 is 64.7 Å². The third-order valence-electron chi connectivity index (χ3n) is 11.4. The van der Waals surface area contributed by atoms with Crippen molar-refractivity contribution in [1.82, 2.24) is 44.1 Å². The molecule has 0 aromatic heterocycles. The predicted octanol–water partition coefficient (Wildman–Crippen LogP) is -3.53. The summed E-state index contributed by atoms with van der Waals surface area (Å²) in [5.41, 5.74) is 0. The number of hydrogen-bond donors (Lipinski definition) is 7. The van der Waals surface area contributed by atoms with Crippen molar-refractivity contribution in [2.24, 2.45) is 0 Å². The molecule has 2 atom stereocenters. The van der Waals surface area contributed by atoms with Gasteiger partial charge >= 0.3 is 24.0 Å². The smallest absolute Gasteiger partial charge is 0.407 e. The lowest BCUT2D eigenvalue weighted by Crippen LogP contribution is -2.51. The van der Waals surface area contributed by atoms with Crippen molar-refractivity contribution in [3.8, 4) is 0 Å². The molecule has 23 heteroatoms. The molecule has 0 bridgehead atoms. The second-order valence-corrected chi connectivity index (χ2v) is 16.4. The number of hydrogen-bond acceptors (Lipinski definition) is 18. The van der Waals surface area contributed by atoms with Crippen LogP contribution in [0.1, 0.15) is 13.8 Å². The van der Waals surface area contributed by atoms with Crippen molar-refractivity contribution in [3.05, 3.63) is 0 Å². The topological polar surface area (TPSA) is 267 Å². The number of carbonyl (C=O) groups is 4. The molecule has 2 aliphatic heterocycles. The maximum Gasteiger partial charge on any atom is 0.407 e. The molecule has 0 spiro atoms. The summed E-state index contributed by atoms with van der Waals surface area (Å²) in [6, 6.07) is 0. The van der Waals surface area contributed by atoms with Gasteiger partial charge in [0.1, 0.15) is 0 Å². The Hall–Kier alpha value is -2.88. The number of rotatable bonds is 27. The number of carboxylic acid groups (broad SMARTS) is 4. The highest BCUT2D eigenvalue weighted by molar-refractivity contribution is 5.70. The zero-order chi connectivity index (χ0) is 47.1. The molecule has 0 aromatic carbocycles. The SMILES string of the molecule is CCN1CCN(CC)CCN(C(=O)O)CCN(CC(O)CN(CCOCCOCCOCCO)CC(O)CN2CCN(CC(=O)O)CCN(CC(=O)O)CCN(CC(=O)O)CC2)CC1. The van der Waals surface area contributed by atoms with Crippen molar-refractivity contribution in [2.75, 3.05) is 216 Å². The molecule has 2 unspecified atom stereocenters. The van der Waals surface area contributed by atoms with E-state index in [4.69, 9.17) is 19.3 Å². The maximum absolute atomic E-state index is 12.2. The number of aliphatic hydroxyl groups is 3. The first kappa shape index (κ1) is 57.2. The van der Waals surface area contributed by atoms with Gasteiger partial charge in [-0.3, -0.25) is 43.8 Å². The quantitative estimate of drug-likeness (QED) is 0.0394. The molecule has 2 fully saturated rings. The second kappa shape index (κ2) is 34.4. The van der Waals surface area contributed by atoms with Crippen LogP contribution in [-0.2, 0) is 28.6 Å². The van der Waals surface area contributed by atoms with E-state index >= 15 is 0 Å². The van der Waals surface area contributed by atoms with E-state index in [0.29, 0.717) is 91.9 Å². The first-order valence-electron chi connectivity index (χ1n) is 22.8. The fraction of sp³-hybridized carbons (Fsp3) is 0.902. The number of aliphatic carboxylic acids is 3. The number of aliphatic hydroxyl groups excluding tert-OH is 3. The minimum Gasteiger partial charge on any atom is -0.480 e. The summed E-state index contributed by atoms with van der Waals surface area (Å²) in [5.74, 6) is -3.08. The van der Waals surface area contributed by atoms with E-state index in [-0.39, 0.29) is 91.8 Å². The van der Waals surface area contributed by atoms with Crippen LogP contribution in [0, 0.1) is 0 Å². The standard InChI is InChI=1S/C41H81N9O14/c1-3-42-5-6-43(4-2)17-19-50(41(60)61)20-18-45(8-7-42)30-37(53)32-49(21-23-62-25-27-64-28-26-63-24-22-51)31-36(52)29-44-9-11-46(33-38(54)55)13-15-48(35-40(58)59)16-14-47(12-10-44)34-39(56)57/h36-37,51-53H,3-35H2,1-2H3,(H,54,55)(H,56,57)(H,58,59)(H,60,61). The first-order valence-corrected chi connectivity index (χ1v) is 22.8. The Labute approximate surface area is 379 Å². The molecule has 2 heterocycles. The van der Waals surface area contributed by atoms with Crippen molar-refractivity contribution < 1.29 is 69.1 Å². The molecule has 374 valence electrons. The summed E-state index contributed by atoms with van der Waals surface area (Å²) in [6.07, 6.45) is -2.77. The highest BCUT2D eigenvalue weighted by atomic mass is 16.5. The van der Waals surface area contributed by atoms with Gasteiger partial charge in [-0.05, 0) is 13.1 Å². The van der Waals surface area contributed by atoms with Crippen LogP contribution >= 0.6 is 0 Å². The van der Waals surface area contributed by atoms with E-state index in [9.17, 15) is 49.8 Å². The van der Waals surface area contributed by atoms with Crippen molar-refractivity contribution >= 4 is 24.0 Å². The van der Waals surface area contributed by atoms with E-state index in [1.165, 1.54) is 4.90 Å². The van der Waals surface area contributed by atoms with Crippen LogP contribution in [-0.4, -0.2) is 332 Å². The Morgan fingerprint density at radius 2 is 0.781 bits per heavy atom. The molecule has 0 aliphatic carbocycles. The summed E-state index contributed by atoms with van der Waals surface area (Å²) in [4.78, 5) is 64.5. The Bertz CT molecular complexity index is 1250. The van der Waals surface area contributed by atoms with Gasteiger partial charge in [-0.15, -0.1) is 0 Å². The molecule has 23 nitrogen and oxygen atoms in total. The molecule has 2 rings (SSSR count). The van der Waals surface area contributed by atoms with E-state index in [0.717, 1.165) is 32.7 Å². The molecule has 64 heavy (non-hydrogen) atoms. The third-order valence-corrected chi connectivity index (χ3v) is 11.4. The van der Waals surface area contributed by atoms with Crippen LogP contribution in [0.3, 0.4) is 0 Å². The first-order chi connectivity index (χ1) is 30.7. The van der Waals surface area contributed by atoms with Gasteiger partial charge in [-0.2, -0.15) is 0 Å². The zero-order valence-corrected chi connectivity index (χ0v) is 38.5. The monoisotopic (exact) mass is 924 g/mol. The van der Waals surface area contributed by atoms with E-state index in [2.05, 4.69) is 28.5 Å². The Morgan fingerprint density at radius 1 is 0.469 bits per heavy atom. The largest absolute Gasteiger partial charge is 0.480 e. The molecule has 0 radical (unpaired) electrons. The van der Waals surface area contributed by atoms with Crippen LogP contribution < -0.4 is 0 Å². The van der Waals surface area contributed by atoms with Gasteiger partial charge in [0.25, 0.3) is 0 Å². The van der Waals surface area contributed by atoms with E-state index in [1.54, 1.807) is 14.7 Å². The summed E-state index contributed by atoms with van der Waals surface area (Å²) in [5, 5.41) is 70.8. The summed E-state index contributed by atoms with van der Waals surface area (Å²) >= 11 is 0. The summed E-state index contributed by atoms with van der Waals surface area (Å²) in [6.45, 7) is 15.3. The van der Waals surface area contributed by atoms with Gasteiger partial charge in [0.05, 0.1) is 78.1 Å². The lowest BCUT2D eigenvalue weighted by Gasteiger charge is -2.35. The van der Waals surface area contributed by atoms with Crippen LogP contribution in [0.25, 0.3) is 0 Å². The number of ether oxygens (including phenoxy) is 3. The molecule has 7 N–H and O–H groups in total. The Kier molecular flexibility index (Phi) is 30.8. The highest BCUT2D eigenvalue weighted by Gasteiger charge is 2.25. The van der Waals surface area contributed by atoms with E-state index in [1.807, 2.05) is 9.80 Å². The maximum atomic E-state index is 12.2. The second-order valence-electron chi connectivity index (χ2n) is 16.4. The summed E-state index contributed by atoms with van der Waals surface area (Å²) in [7, 11) is 0. The Balaban J connectivity index is 2.20. The number of carboxylic acids is 3. The van der Waals surface area contributed by atoms with Gasteiger partial charge in [0, 0.05) is 137 Å². The van der Waals surface area contributed by atoms with Crippen LogP contribution in [0.15, 0.2) is 0 Å². The highest BCUT2D eigenvalue weighted by Crippen LogP contribution is 2.07. The number of likely N-dealkylation sites (N-methyl/N-ethyl adjacent to an activating group) is 2. The molecule has 0 saturated carbocycles. The molecule has 0 aromatic rings. The average molecular weight is 924 g/mol. The summed E-state index contributed by atoms with van der Waals surface area (Å²) < 4.78 is 16.6. The fourth-order valence-electron chi connectivity index (χ4n) is 7.72. The van der Waals surface area contributed by atoms with E-state index < -0.39 is 36.2 Å². The number of nitrogens with zero attached hydrogens (tertiary/aromatic N) is 9. The normalized spacial score (nSPS) is 19.9. The third kappa shape index (κ3) is 27.6. The molecule has 2 saturated heterocycles. The lowest BCUT2D eigenvalue weighted by molar-refractivity contribution is -0.140. The van der Waals surface area contributed by atoms with Gasteiger partial charge in [-0.1, -0.05) is 13.8 Å². The zero-order valence-electron chi connectivity index (χ0n) is 38.5. The molecule has 2 aliphatic rings. The molecule has 1 amide bonds. The minimum atomic E-state index is -1.03. The average Bonchev–Trinajstić information content (AvgIpc) is 3.22. The minimum absolute atomic E-state index is 0.0642. The number of β-amino-alcohol motifs (C(OH)–C–C–N with tert-alkyl or cyclic N) is 2. The van der Waals surface area contributed by atoms with Gasteiger partial charge in [-0.25, -0.2) is 4.79 Å². The predicted molar refractivity (Wildman–Crippen MR) is 237 cm³/mol. The Morgan fingerprint density at radius 3 is 1.12 bits per heavy atom. The fourth-order valence-corrected chi connectivity index (χ4v) is 7.72. The van der Waals surface area contributed by atoms with Crippen molar-refractivity contribution in [1.29, 1.82) is 0 Å².